The van der Waals surface area contributed by atoms with Crippen LogP contribution in [-0.4, -0.2) is 31.7 Å². The second kappa shape index (κ2) is 9.69. The first-order valence-electron chi connectivity index (χ1n) is 12.0. The molecular formula is C29H32FNO4S. The molecule has 2 atom stereocenters. The molecule has 36 heavy (non-hydrogen) atoms. The van der Waals surface area contributed by atoms with Crippen LogP contribution < -0.4 is 0 Å². The first-order chi connectivity index (χ1) is 16.9. The molecule has 7 heteroatoms. The second-order valence-electron chi connectivity index (χ2n) is 10.0. The predicted octanol–water partition coefficient (Wildman–Crippen LogP) is 6.72. The Bertz CT molecular complexity index is 1430. The molecule has 0 saturated carbocycles. The van der Waals surface area contributed by atoms with Gasteiger partial charge in [0.05, 0.1) is 17.5 Å². The van der Waals surface area contributed by atoms with Crippen molar-refractivity contribution < 1.29 is 22.3 Å². The van der Waals surface area contributed by atoms with Gasteiger partial charge in [-0.15, -0.1) is 0 Å². The van der Waals surface area contributed by atoms with Gasteiger partial charge >= 0.3 is 6.09 Å². The van der Waals surface area contributed by atoms with E-state index >= 15 is 0 Å². The van der Waals surface area contributed by atoms with Gasteiger partial charge in [0.25, 0.3) is 0 Å². The zero-order chi connectivity index (χ0) is 26.4. The summed E-state index contributed by atoms with van der Waals surface area (Å²) in [4.78, 5) is 14.8. The summed E-state index contributed by atoms with van der Waals surface area (Å²) in [6.45, 7) is 10.0. The fourth-order valence-corrected chi connectivity index (χ4v) is 5.48. The van der Waals surface area contributed by atoms with Gasteiger partial charge < -0.3 is 4.74 Å². The van der Waals surface area contributed by atoms with E-state index in [4.69, 9.17) is 4.74 Å². The molecule has 0 spiro atoms. The normalized spacial score (nSPS) is 18.1. The fraction of sp³-hybridized carbons (Fsp3) is 0.345. The highest BCUT2D eigenvalue weighted by molar-refractivity contribution is 7.90. The largest absolute Gasteiger partial charge is 0.439 e. The van der Waals surface area contributed by atoms with Crippen molar-refractivity contribution in [3.05, 3.63) is 88.2 Å². The third kappa shape index (κ3) is 5.03. The number of benzene rings is 3. The average molecular weight is 510 g/mol. The summed E-state index contributed by atoms with van der Waals surface area (Å²) in [6.07, 6.45) is 0.111. The van der Waals surface area contributed by atoms with Gasteiger partial charge in [-0.05, 0) is 84.3 Å². The number of sulfone groups is 1. The Morgan fingerprint density at radius 3 is 2.42 bits per heavy atom. The molecule has 0 radical (unpaired) electrons. The molecule has 1 aliphatic heterocycles. The minimum Gasteiger partial charge on any atom is -0.439 e. The lowest BCUT2D eigenvalue weighted by Crippen LogP contribution is -2.31. The molecule has 1 saturated heterocycles. The van der Waals surface area contributed by atoms with Crippen LogP contribution in [0.4, 0.5) is 9.18 Å². The Hall–Kier alpha value is -3.19. The number of rotatable bonds is 6. The van der Waals surface area contributed by atoms with E-state index in [0.29, 0.717) is 17.7 Å². The van der Waals surface area contributed by atoms with Crippen LogP contribution in [-0.2, 0) is 21.1 Å². The minimum absolute atomic E-state index is 0.0373. The lowest BCUT2D eigenvalue weighted by atomic mass is 9.90. The van der Waals surface area contributed by atoms with Gasteiger partial charge in [0.2, 0.25) is 0 Å². The van der Waals surface area contributed by atoms with E-state index in [9.17, 15) is 17.6 Å². The van der Waals surface area contributed by atoms with Crippen molar-refractivity contribution in [2.75, 3.05) is 6.26 Å². The van der Waals surface area contributed by atoms with E-state index in [0.717, 1.165) is 34.1 Å². The molecule has 5 nitrogen and oxygen atoms in total. The fourth-order valence-electron chi connectivity index (χ4n) is 4.80. The maximum atomic E-state index is 14.6. The lowest BCUT2D eigenvalue weighted by molar-refractivity contribution is 0.130. The molecule has 1 amide bonds. The van der Waals surface area contributed by atoms with Gasteiger partial charge in [-0.1, -0.05) is 49.7 Å². The molecule has 0 bridgehead atoms. The number of halogens is 1. The third-order valence-electron chi connectivity index (χ3n) is 6.86. The van der Waals surface area contributed by atoms with Crippen molar-refractivity contribution in [1.29, 1.82) is 0 Å². The van der Waals surface area contributed by atoms with Crippen molar-refractivity contribution >= 4 is 15.9 Å². The zero-order valence-electron chi connectivity index (χ0n) is 21.5. The van der Waals surface area contributed by atoms with Crippen LogP contribution in [0.2, 0.25) is 0 Å². The highest BCUT2D eigenvalue weighted by atomic mass is 32.2. The predicted molar refractivity (Wildman–Crippen MR) is 139 cm³/mol. The van der Waals surface area contributed by atoms with Gasteiger partial charge in [-0.25, -0.2) is 17.6 Å². The standard InChI is InChI=1S/C29H32FNO4S/c1-17(2)25-15-26(19(4)13-27(25)30)24-11-10-18(3)12-22(24)16-31-20(5)28(35-29(31)32)21-8-7-9-23(14-21)36(6,33)34/h7-15,17,20,28H,16H2,1-6H3/t20-,28-/m0/s1. The van der Waals surface area contributed by atoms with E-state index in [1.54, 1.807) is 29.2 Å². The Balaban J connectivity index is 1.70. The topological polar surface area (TPSA) is 63.7 Å². The van der Waals surface area contributed by atoms with E-state index in [1.165, 1.54) is 6.07 Å². The summed E-state index contributed by atoms with van der Waals surface area (Å²) in [6, 6.07) is 15.8. The smallest absolute Gasteiger partial charge is 0.411 e. The van der Waals surface area contributed by atoms with Gasteiger partial charge in [-0.3, -0.25) is 4.90 Å². The first-order valence-corrected chi connectivity index (χ1v) is 13.9. The summed E-state index contributed by atoms with van der Waals surface area (Å²) in [5.41, 5.74) is 6.00. The van der Waals surface area contributed by atoms with E-state index in [1.807, 2.05) is 58.9 Å². The van der Waals surface area contributed by atoms with Crippen LogP contribution >= 0.6 is 0 Å². The maximum absolute atomic E-state index is 14.6. The number of carbonyl (C=O) groups is 1. The Morgan fingerprint density at radius 2 is 1.75 bits per heavy atom. The molecule has 1 aliphatic rings. The van der Waals surface area contributed by atoms with Crippen molar-refractivity contribution in [1.82, 2.24) is 4.90 Å². The number of nitrogens with zero attached hydrogens (tertiary/aromatic N) is 1. The van der Waals surface area contributed by atoms with E-state index in [2.05, 4.69) is 0 Å². The van der Waals surface area contributed by atoms with Crippen molar-refractivity contribution in [3.63, 3.8) is 0 Å². The Kier molecular flexibility index (Phi) is 6.97. The SMILES string of the molecule is Cc1ccc(-c2cc(C(C)C)c(F)cc2C)c(CN2C(=O)O[C@H](c3cccc(S(C)(=O)=O)c3)[C@@H]2C)c1. The minimum atomic E-state index is -3.39. The second-order valence-corrected chi connectivity index (χ2v) is 12.0. The first kappa shape index (κ1) is 25.9. The number of hydrogen-bond acceptors (Lipinski definition) is 4. The monoisotopic (exact) mass is 509 g/mol. The molecule has 3 aromatic rings. The average Bonchev–Trinajstić information content (AvgIpc) is 3.07. The quantitative estimate of drug-likeness (QED) is 0.370. The molecule has 0 aliphatic carbocycles. The molecule has 0 unspecified atom stereocenters. The highest BCUT2D eigenvalue weighted by Gasteiger charge is 2.40. The zero-order valence-corrected chi connectivity index (χ0v) is 22.3. The molecule has 3 aromatic carbocycles. The van der Waals surface area contributed by atoms with Crippen molar-refractivity contribution in [2.45, 2.75) is 64.1 Å². The summed E-state index contributed by atoms with van der Waals surface area (Å²) in [7, 11) is -3.39. The van der Waals surface area contributed by atoms with E-state index in [-0.39, 0.29) is 22.7 Å². The molecule has 1 fully saturated rings. The molecular weight excluding hydrogens is 477 g/mol. The van der Waals surface area contributed by atoms with Crippen LogP contribution in [0.1, 0.15) is 60.6 Å². The van der Waals surface area contributed by atoms with E-state index < -0.39 is 22.0 Å². The van der Waals surface area contributed by atoms with Gasteiger partial charge in [-0.2, -0.15) is 0 Å². The number of cyclic esters (lactones) is 1. The Labute approximate surface area is 212 Å². The molecule has 1 heterocycles. The number of carbonyl (C=O) groups excluding carboxylic acids is 1. The molecule has 0 N–H and O–H groups in total. The maximum Gasteiger partial charge on any atom is 0.411 e. The number of amides is 1. The molecule has 0 aromatic heterocycles. The summed E-state index contributed by atoms with van der Waals surface area (Å²) in [5.74, 6) is -0.175. The number of aryl methyl sites for hydroxylation is 2. The lowest BCUT2D eigenvalue weighted by Gasteiger charge is -2.23. The number of hydrogen-bond donors (Lipinski definition) is 0. The van der Waals surface area contributed by atoms with Gasteiger partial charge in [0, 0.05) is 6.26 Å². The summed E-state index contributed by atoms with van der Waals surface area (Å²) >= 11 is 0. The van der Waals surface area contributed by atoms with Gasteiger partial charge in [0.1, 0.15) is 11.9 Å². The van der Waals surface area contributed by atoms with Crippen molar-refractivity contribution in [2.24, 2.45) is 0 Å². The Morgan fingerprint density at radius 1 is 1.03 bits per heavy atom. The van der Waals surface area contributed by atoms with Crippen LogP contribution in [0.25, 0.3) is 11.1 Å². The molecule has 190 valence electrons. The van der Waals surface area contributed by atoms with Crippen LogP contribution in [0, 0.1) is 19.7 Å². The van der Waals surface area contributed by atoms with Crippen LogP contribution in [0.15, 0.2) is 59.5 Å². The number of ether oxygens (including phenoxy) is 1. The van der Waals surface area contributed by atoms with Gasteiger partial charge in [0.15, 0.2) is 9.84 Å². The van der Waals surface area contributed by atoms with Crippen LogP contribution in [0.5, 0.6) is 0 Å². The van der Waals surface area contributed by atoms with Crippen LogP contribution in [0.3, 0.4) is 0 Å². The third-order valence-corrected chi connectivity index (χ3v) is 7.97. The summed E-state index contributed by atoms with van der Waals surface area (Å²) < 4.78 is 44.4. The van der Waals surface area contributed by atoms with Crippen molar-refractivity contribution in [3.8, 4) is 11.1 Å². The molecule has 4 rings (SSSR count). The highest BCUT2D eigenvalue weighted by Crippen LogP contribution is 2.37. The summed E-state index contributed by atoms with van der Waals surface area (Å²) in [5, 5.41) is 0.